The van der Waals surface area contributed by atoms with E-state index >= 15 is 0 Å². The summed E-state index contributed by atoms with van der Waals surface area (Å²) in [6.07, 6.45) is 2.88. The molecule has 0 saturated heterocycles. The molecular formula is C17H24N4. The third-order valence-corrected chi connectivity index (χ3v) is 3.29. The quantitative estimate of drug-likeness (QED) is 0.841. The topological polar surface area (TPSA) is 41.1 Å². The molecule has 2 aromatic rings. The summed E-state index contributed by atoms with van der Waals surface area (Å²) in [7, 11) is 0. The van der Waals surface area contributed by atoms with Crippen LogP contribution in [0.25, 0.3) is 0 Å². The predicted octanol–water partition coefficient (Wildman–Crippen LogP) is 3.71. The first-order chi connectivity index (χ1) is 10.2. The molecule has 0 amide bonds. The van der Waals surface area contributed by atoms with Gasteiger partial charge in [0.1, 0.15) is 5.82 Å². The Labute approximate surface area is 127 Å². The minimum atomic E-state index is 0.374. The molecule has 1 aromatic heterocycles. The summed E-state index contributed by atoms with van der Waals surface area (Å²) < 4.78 is 0. The summed E-state index contributed by atoms with van der Waals surface area (Å²) in [5.41, 5.74) is 1.29. The van der Waals surface area contributed by atoms with E-state index in [9.17, 15) is 0 Å². The molecule has 0 spiro atoms. The van der Waals surface area contributed by atoms with Crippen molar-refractivity contribution in [2.45, 2.75) is 39.8 Å². The molecule has 0 atom stereocenters. The van der Waals surface area contributed by atoms with Crippen molar-refractivity contribution in [1.29, 1.82) is 0 Å². The first-order valence-electron chi connectivity index (χ1n) is 7.58. The van der Waals surface area contributed by atoms with Crippen LogP contribution in [0.2, 0.25) is 0 Å². The number of hydrogen-bond acceptors (Lipinski definition) is 4. The summed E-state index contributed by atoms with van der Waals surface area (Å²) in [6.45, 7) is 8.24. The zero-order chi connectivity index (χ0) is 15.1. The van der Waals surface area contributed by atoms with E-state index in [1.807, 2.05) is 18.3 Å². The lowest BCUT2D eigenvalue weighted by Gasteiger charge is -2.28. The summed E-state index contributed by atoms with van der Waals surface area (Å²) in [5, 5.41) is 3.24. The maximum absolute atomic E-state index is 4.63. The van der Waals surface area contributed by atoms with E-state index in [4.69, 9.17) is 0 Å². The Morgan fingerprint density at radius 2 is 1.90 bits per heavy atom. The van der Waals surface area contributed by atoms with Crippen molar-refractivity contribution in [2.24, 2.45) is 0 Å². The number of nitrogens with one attached hydrogen (secondary N) is 1. The largest absolute Gasteiger partial charge is 0.354 e. The van der Waals surface area contributed by atoms with Crippen LogP contribution in [0, 0.1) is 0 Å². The summed E-state index contributed by atoms with van der Waals surface area (Å²) in [6, 6.07) is 12.8. The van der Waals surface area contributed by atoms with Gasteiger partial charge >= 0.3 is 0 Å². The molecule has 1 N–H and O–H groups in total. The molecule has 1 heterocycles. The first-order valence-corrected chi connectivity index (χ1v) is 7.58. The van der Waals surface area contributed by atoms with E-state index in [2.05, 4.69) is 65.2 Å². The molecular weight excluding hydrogens is 260 g/mol. The molecule has 112 valence electrons. The number of rotatable bonds is 7. The van der Waals surface area contributed by atoms with E-state index < -0.39 is 0 Å². The molecule has 1 aromatic carbocycles. The highest BCUT2D eigenvalue weighted by molar-refractivity contribution is 5.44. The van der Waals surface area contributed by atoms with Crippen LogP contribution < -0.4 is 10.2 Å². The van der Waals surface area contributed by atoms with Crippen LogP contribution in [-0.4, -0.2) is 22.6 Å². The van der Waals surface area contributed by atoms with Crippen LogP contribution in [0.5, 0.6) is 0 Å². The van der Waals surface area contributed by atoms with Gasteiger partial charge in [-0.1, -0.05) is 37.3 Å². The van der Waals surface area contributed by atoms with Gasteiger partial charge in [0.2, 0.25) is 5.95 Å². The average molecular weight is 284 g/mol. The Kier molecular flexibility index (Phi) is 5.55. The number of benzene rings is 1. The third kappa shape index (κ3) is 4.45. The molecule has 4 nitrogen and oxygen atoms in total. The van der Waals surface area contributed by atoms with Gasteiger partial charge in [0.05, 0.1) is 0 Å². The maximum atomic E-state index is 4.63. The van der Waals surface area contributed by atoms with Gasteiger partial charge in [-0.05, 0) is 31.9 Å². The van der Waals surface area contributed by atoms with Gasteiger partial charge in [-0.3, -0.25) is 0 Å². The maximum Gasteiger partial charge on any atom is 0.224 e. The minimum absolute atomic E-state index is 0.374. The Morgan fingerprint density at radius 1 is 1.14 bits per heavy atom. The van der Waals surface area contributed by atoms with Crippen LogP contribution in [0.15, 0.2) is 42.6 Å². The Hall–Kier alpha value is -2.10. The average Bonchev–Trinajstić information content (AvgIpc) is 2.51. The van der Waals surface area contributed by atoms with Crippen molar-refractivity contribution in [1.82, 2.24) is 9.97 Å². The highest BCUT2D eigenvalue weighted by atomic mass is 15.2. The summed E-state index contributed by atoms with van der Waals surface area (Å²) in [5.74, 6) is 1.66. The first kappa shape index (κ1) is 15.3. The van der Waals surface area contributed by atoms with Crippen LogP contribution in [-0.2, 0) is 6.54 Å². The molecule has 0 aliphatic carbocycles. The second-order valence-electron chi connectivity index (χ2n) is 5.37. The monoisotopic (exact) mass is 284 g/mol. The molecule has 0 bridgehead atoms. The minimum Gasteiger partial charge on any atom is -0.354 e. The van der Waals surface area contributed by atoms with Crippen molar-refractivity contribution in [3.05, 3.63) is 48.2 Å². The van der Waals surface area contributed by atoms with Crippen molar-refractivity contribution in [3.63, 3.8) is 0 Å². The highest BCUT2D eigenvalue weighted by Gasteiger charge is 2.13. The molecule has 21 heavy (non-hydrogen) atoms. The van der Waals surface area contributed by atoms with Gasteiger partial charge in [0.25, 0.3) is 0 Å². The number of nitrogens with zero attached hydrogens (tertiary/aromatic N) is 3. The van der Waals surface area contributed by atoms with E-state index in [0.717, 1.165) is 25.3 Å². The smallest absolute Gasteiger partial charge is 0.224 e. The van der Waals surface area contributed by atoms with Gasteiger partial charge in [0, 0.05) is 25.3 Å². The number of aromatic nitrogens is 2. The van der Waals surface area contributed by atoms with Gasteiger partial charge < -0.3 is 10.2 Å². The fourth-order valence-corrected chi connectivity index (χ4v) is 2.14. The standard InChI is InChI=1S/C17H24N4/c1-4-11-18-17-19-12-10-16(20-17)21(14(2)3)13-15-8-6-5-7-9-15/h5-10,12,14H,4,11,13H2,1-3H3,(H,18,19,20). The summed E-state index contributed by atoms with van der Waals surface area (Å²) in [4.78, 5) is 11.2. The lowest BCUT2D eigenvalue weighted by molar-refractivity contribution is 0.671. The second kappa shape index (κ2) is 7.62. The van der Waals surface area contributed by atoms with Gasteiger partial charge in [-0.25, -0.2) is 4.98 Å². The normalized spacial score (nSPS) is 10.7. The molecule has 0 saturated carbocycles. The Morgan fingerprint density at radius 3 is 2.57 bits per heavy atom. The zero-order valence-electron chi connectivity index (χ0n) is 13.1. The number of anilines is 2. The molecule has 0 unspecified atom stereocenters. The molecule has 0 aliphatic rings. The molecule has 4 heteroatoms. The van der Waals surface area contributed by atoms with Crippen molar-refractivity contribution < 1.29 is 0 Å². The van der Waals surface area contributed by atoms with E-state index in [0.29, 0.717) is 12.0 Å². The predicted molar refractivity (Wildman–Crippen MR) is 88.6 cm³/mol. The van der Waals surface area contributed by atoms with Gasteiger partial charge in [0.15, 0.2) is 0 Å². The van der Waals surface area contributed by atoms with Gasteiger partial charge in [-0.2, -0.15) is 4.98 Å². The SMILES string of the molecule is CCCNc1nccc(N(Cc2ccccc2)C(C)C)n1. The van der Waals surface area contributed by atoms with E-state index in [-0.39, 0.29) is 0 Å². The second-order valence-corrected chi connectivity index (χ2v) is 5.37. The van der Waals surface area contributed by atoms with Crippen molar-refractivity contribution >= 4 is 11.8 Å². The molecule has 0 fully saturated rings. The fourth-order valence-electron chi connectivity index (χ4n) is 2.14. The zero-order valence-corrected chi connectivity index (χ0v) is 13.1. The third-order valence-electron chi connectivity index (χ3n) is 3.29. The van der Waals surface area contributed by atoms with Crippen LogP contribution >= 0.6 is 0 Å². The summed E-state index contributed by atoms with van der Waals surface area (Å²) >= 11 is 0. The van der Waals surface area contributed by atoms with Crippen LogP contribution in [0.4, 0.5) is 11.8 Å². The lowest BCUT2D eigenvalue weighted by atomic mass is 10.2. The molecule has 2 rings (SSSR count). The van der Waals surface area contributed by atoms with Crippen LogP contribution in [0.1, 0.15) is 32.8 Å². The van der Waals surface area contributed by atoms with E-state index in [1.165, 1.54) is 5.56 Å². The number of hydrogen-bond donors (Lipinski definition) is 1. The Balaban J connectivity index is 2.18. The van der Waals surface area contributed by atoms with Crippen molar-refractivity contribution in [3.8, 4) is 0 Å². The molecule has 0 aliphatic heterocycles. The molecule has 0 radical (unpaired) electrons. The van der Waals surface area contributed by atoms with Gasteiger partial charge in [-0.15, -0.1) is 0 Å². The lowest BCUT2D eigenvalue weighted by Crippen LogP contribution is -2.31. The Bertz CT molecular complexity index is 539. The highest BCUT2D eigenvalue weighted by Crippen LogP contribution is 2.18. The van der Waals surface area contributed by atoms with Crippen molar-refractivity contribution in [2.75, 3.05) is 16.8 Å². The fraction of sp³-hybridized carbons (Fsp3) is 0.412. The van der Waals surface area contributed by atoms with Crippen LogP contribution in [0.3, 0.4) is 0 Å². The van der Waals surface area contributed by atoms with E-state index in [1.54, 1.807) is 0 Å².